The number of hydrogen-bond donors (Lipinski definition) is 1. The van der Waals surface area contributed by atoms with Crippen molar-refractivity contribution in [3.63, 3.8) is 0 Å². The molecule has 1 fully saturated rings. The van der Waals surface area contributed by atoms with Crippen LogP contribution in [0.1, 0.15) is 12.0 Å². The van der Waals surface area contributed by atoms with Crippen LogP contribution in [0.3, 0.4) is 0 Å². The first kappa shape index (κ1) is 38.1. The van der Waals surface area contributed by atoms with Crippen LogP contribution < -0.4 is 43.4 Å². The quantitative estimate of drug-likeness (QED) is 0.132. The first-order chi connectivity index (χ1) is 25.2. The van der Waals surface area contributed by atoms with Gasteiger partial charge in [0.05, 0.1) is 48.7 Å². The average Bonchev–Trinajstić information content (AvgIpc) is 3.16. The molecule has 1 aromatic heterocycles. The van der Waals surface area contributed by atoms with Gasteiger partial charge >= 0.3 is 6.09 Å². The molecule has 4 aromatic rings. The number of halogens is 1. The molecule has 0 radical (unpaired) electrons. The largest absolute Gasteiger partial charge is 0.497 e. The van der Waals surface area contributed by atoms with E-state index in [1.54, 1.807) is 83.0 Å². The maximum atomic E-state index is 13.9. The highest BCUT2D eigenvalue weighted by atomic mass is 35.5. The number of benzene rings is 3. The lowest BCUT2D eigenvalue weighted by atomic mass is 10.1. The second-order valence-corrected chi connectivity index (χ2v) is 12.3. The molecule has 0 unspecified atom stereocenters. The van der Waals surface area contributed by atoms with Crippen molar-refractivity contribution in [2.75, 3.05) is 92.1 Å². The lowest BCUT2D eigenvalue weighted by molar-refractivity contribution is 0.145. The van der Waals surface area contributed by atoms with Crippen LogP contribution in [-0.2, 0) is 6.54 Å². The summed E-state index contributed by atoms with van der Waals surface area (Å²) in [7, 11) is 9.84. The van der Waals surface area contributed by atoms with Crippen LogP contribution >= 0.6 is 11.6 Å². The summed E-state index contributed by atoms with van der Waals surface area (Å²) in [6, 6.07) is 15.2. The van der Waals surface area contributed by atoms with E-state index in [9.17, 15) is 4.79 Å². The minimum Gasteiger partial charge on any atom is -0.497 e. The lowest BCUT2D eigenvalue weighted by Crippen LogP contribution is -2.44. The molecule has 0 spiro atoms. The molecule has 1 N–H and O–H groups in total. The van der Waals surface area contributed by atoms with E-state index in [2.05, 4.69) is 27.1 Å². The zero-order valence-electron chi connectivity index (χ0n) is 30.3. The summed E-state index contributed by atoms with van der Waals surface area (Å²) < 4.78 is 39.8. The third-order valence-corrected chi connectivity index (χ3v) is 8.68. The number of piperazine rings is 1. The predicted octanol–water partition coefficient (Wildman–Crippen LogP) is 6.14. The maximum absolute atomic E-state index is 13.9. The number of rotatable bonds is 16. The zero-order chi connectivity index (χ0) is 37.0. The monoisotopic (exact) mass is 736 g/mol. The van der Waals surface area contributed by atoms with Crippen molar-refractivity contribution in [3.8, 4) is 40.2 Å². The summed E-state index contributed by atoms with van der Waals surface area (Å²) in [4.78, 5) is 29.2. The number of ether oxygens (including phenoxy) is 7. The Hall–Kier alpha value is -5.18. The highest BCUT2D eigenvalue weighted by Gasteiger charge is 2.25. The zero-order valence-corrected chi connectivity index (χ0v) is 31.1. The highest BCUT2D eigenvalue weighted by Crippen LogP contribution is 2.41. The summed E-state index contributed by atoms with van der Waals surface area (Å²) in [6.45, 7) is 5.66. The number of likely N-dealkylation sites (N-methyl/N-ethyl adjacent to an activating group) is 1. The molecule has 5 rings (SSSR count). The number of aromatic nitrogens is 2. The van der Waals surface area contributed by atoms with Gasteiger partial charge in [-0.3, -0.25) is 4.90 Å². The third-order valence-electron chi connectivity index (χ3n) is 8.45. The van der Waals surface area contributed by atoms with E-state index >= 15 is 0 Å². The van der Waals surface area contributed by atoms with E-state index in [1.807, 2.05) is 0 Å². The Morgan fingerprint density at radius 3 is 2.27 bits per heavy atom. The van der Waals surface area contributed by atoms with E-state index in [-0.39, 0.29) is 29.8 Å². The molecule has 52 heavy (non-hydrogen) atoms. The molecular weight excluding hydrogens is 692 g/mol. The molecule has 1 aliphatic rings. The van der Waals surface area contributed by atoms with E-state index in [0.717, 1.165) is 39.1 Å². The van der Waals surface area contributed by atoms with Gasteiger partial charge in [0.25, 0.3) is 0 Å². The van der Waals surface area contributed by atoms with Crippen molar-refractivity contribution >= 4 is 35.1 Å². The van der Waals surface area contributed by atoms with Crippen LogP contribution in [0.4, 0.5) is 22.2 Å². The van der Waals surface area contributed by atoms with Crippen molar-refractivity contribution in [2.45, 2.75) is 13.0 Å². The summed E-state index contributed by atoms with van der Waals surface area (Å²) in [5.74, 6) is 3.46. The van der Waals surface area contributed by atoms with E-state index in [1.165, 1.54) is 18.2 Å². The minimum absolute atomic E-state index is 0.00798. The summed E-state index contributed by atoms with van der Waals surface area (Å²) in [5.41, 5.74) is 1.22. The topological polar surface area (TPSA) is 129 Å². The molecule has 0 bridgehead atoms. The Kier molecular flexibility index (Phi) is 13.4. The second-order valence-electron chi connectivity index (χ2n) is 11.8. The first-order valence-corrected chi connectivity index (χ1v) is 17.1. The Morgan fingerprint density at radius 1 is 0.827 bits per heavy atom. The van der Waals surface area contributed by atoms with Crippen molar-refractivity contribution in [2.24, 2.45) is 0 Å². The molecular formula is C37H45ClN6O8. The van der Waals surface area contributed by atoms with Crippen molar-refractivity contribution < 1.29 is 38.0 Å². The number of carbonyl (C=O) groups excluding carboxylic acids is 1. The van der Waals surface area contributed by atoms with E-state index in [0.29, 0.717) is 51.6 Å². The van der Waals surface area contributed by atoms with Crippen LogP contribution in [0.15, 0.2) is 60.8 Å². The summed E-state index contributed by atoms with van der Waals surface area (Å²) in [6.07, 6.45) is 1.64. The number of amides is 1. The standard InChI is InChI=1S/C37H45ClN6O8/c1-42-15-17-43(18-16-42)14-7-19-51-33-23-27(22-32(49-5)35(33)50-6)40-36-39-13-12-34(41-36)44(24-25-20-28(46-2)9-11-29(25)47-3)37(45)52-30-10-8-26(38)21-31(30)48-4/h8-13,20-23H,7,14-19,24H2,1-6H3,(H,39,40,41). The van der Waals surface area contributed by atoms with Gasteiger partial charge in [-0.1, -0.05) is 11.6 Å². The number of hydrogen-bond acceptors (Lipinski definition) is 13. The van der Waals surface area contributed by atoms with Gasteiger partial charge in [0.1, 0.15) is 17.3 Å². The molecule has 0 aliphatic carbocycles. The van der Waals surface area contributed by atoms with Gasteiger partial charge in [-0.25, -0.2) is 9.78 Å². The Balaban J connectivity index is 1.40. The Labute approximate surface area is 309 Å². The third kappa shape index (κ3) is 9.78. The summed E-state index contributed by atoms with van der Waals surface area (Å²) >= 11 is 6.15. The number of carbonyl (C=O) groups is 1. The molecule has 0 saturated carbocycles. The predicted molar refractivity (Wildman–Crippen MR) is 199 cm³/mol. The fraction of sp³-hybridized carbons (Fsp3) is 0.378. The molecule has 1 aliphatic heterocycles. The fourth-order valence-corrected chi connectivity index (χ4v) is 5.79. The van der Waals surface area contributed by atoms with Gasteiger partial charge in [0.15, 0.2) is 23.0 Å². The van der Waals surface area contributed by atoms with Crippen LogP contribution in [-0.4, -0.2) is 108 Å². The molecule has 278 valence electrons. The lowest BCUT2D eigenvalue weighted by Gasteiger charge is -2.32. The number of anilines is 3. The molecule has 1 amide bonds. The van der Waals surface area contributed by atoms with Crippen LogP contribution in [0.2, 0.25) is 5.02 Å². The molecule has 3 aromatic carbocycles. The molecule has 15 heteroatoms. The van der Waals surface area contributed by atoms with Gasteiger partial charge in [-0.2, -0.15) is 4.98 Å². The fourth-order valence-electron chi connectivity index (χ4n) is 5.63. The van der Waals surface area contributed by atoms with Gasteiger partial charge in [0, 0.05) is 73.4 Å². The van der Waals surface area contributed by atoms with Gasteiger partial charge in [-0.05, 0) is 49.9 Å². The molecule has 14 nitrogen and oxygen atoms in total. The van der Waals surface area contributed by atoms with Crippen LogP contribution in [0.25, 0.3) is 0 Å². The first-order valence-electron chi connectivity index (χ1n) is 16.7. The highest BCUT2D eigenvalue weighted by molar-refractivity contribution is 6.30. The molecule has 1 saturated heterocycles. The van der Waals surface area contributed by atoms with Crippen LogP contribution in [0.5, 0.6) is 40.2 Å². The average molecular weight is 737 g/mol. The normalized spacial score (nSPS) is 13.2. The summed E-state index contributed by atoms with van der Waals surface area (Å²) in [5, 5.41) is 3.65. The van der Waals surface area contributed by atoms with Crippen molar-refractivity contribution in [1.29, 1.82) is 0 Å². The molecule has 0 atom stereocenters. The van der Waals surface area contributed by atoms with Crippen molar-refractivity contribution in [3.05, 3.63) is 71.4 Å². The number of nitrogens with zero attached hydrogens (tertiary/aromatic N) is 5. The molecule has 2 heterocycles. The van der Waals surface area contributed by atoms with Crippen molar-refractivity contribution in [1.82, 2.24) is 19.8 Å². The SMILES string of the molecule is COc1ccc(OC)c(CN(C(=O)Oc2ccc(Cl)cc2OC)c2ccnc(Nc3cc(OC)c(OC)c(OCCCN4CCN(C)CC4)c3)n2)c1. The Morgan fingerprint density at radius 2 is 1.56 bits per heavy atom. The Bertz CT molecular complexity index is 1810. The van der Waals surface area contributed by atoms with Crippen LogP contribution in [0, 0.1) is 0 Å². The number of nitrogens with one attached hydrogen (secondary N) is 1. The van der Waals surface area contributed by atoms with Gasteiger partial charge in [-0.15, -0.1) is 0 Å². The minimum atomic E-state index is -0.742. The second kappa shape index (κ2) is 18.4. The van der Waals surface area contributed by atoms with Gasteiger partial charge in [0.2, 0.25) is 11.7 Å². The van der Waals surface area contributed by atoms with E-state index < -0.39 is 6.09 Å². The van der Waals surface area contributed by atoms with Gasteiger partial charge < -0.3 is 48.3 Å². The number of methoxy groups -OCH3 is 5. The maximum Gasteiger partial charge on any atom is 0.421 e. The smallest absolute Gasteiger partial charge is 0.421 e. The van der Waals surface area contributed by atoms with E-state index in [4.69, 9.17) is 49.7 Å².